The number of anilines is 1. The average Bonchev–Trinajstić information content (AvgIpc) is 2.53. The van der Waals surface area contributed by atoms with Gasteiger partial charge in [0, 0.05) is 31.3 Å². The van der Waals surface area contributed by atoms with Gasteiger partial charge in [-0.25, -0.2) is 0 Å². The number of hydrogen-bond acceptors (Lipinski definition) is 5. The largest absolute Gasteiger partial charge is 0.497 e. The molecule has 1 saturated heterocycles. The van der Waals surface area contributed by atoms with Gasteiger partial charge >= 0.3 is 0 Å². The number of methoxy groups -OCH3 is 1. The summed E-state index contributed by atoms with van der Waals surface area (Å²) in [5, 5.41) is 21.3. The zero-order valence-corrected chi connectivity index (χ0v) is 11.6. The summed E-state index contributed by atoms with van der Waals surface area (Å²) in [7, 11) is 1.61. The van der Waals surface area contributed by atoms with Gasteiger partial charge in [0.05, 0.1) is 12.8 Å². The average molecular weight is 279 g/mol. The lowest BCUT2D eigenvalue weighted by Crippen LogP contribution is -2.38. The van der Waals surface area contributed by atoms with Gasteiger partial charge < -0.3 is 25.7 Å². The summed E-state index contributed by atoms with van der Waals surface area (Å²) in [5.74, 6) is 1.06. The zero-order valence-electron chi connectivity index (χ0n) is 11.6. The molecule has 4 N–H and O–H groups in total. The SMILES string of the molecule is COc1ccc(/C(N)=N/O)c(N2CCCC(CO)C2)c1. The van der Waals surface area contributed by atoms with Crippen molar-refractivity contribution in [3.8, 4) is 5.75 Å². The lowest BCUT2D eigenvalue weighted by Gasteiger charge is -2.34. The van der Waals surface area contributed by atoms with Gasteiger partial charge in [0.1, 0.15) is 5.75 Å². The standard InChI is InChI=1S/C14H21N3O3/c1-20-11-4-5-12(14(15)16-19)13(7-11)17-6-2-3-10(8-17)9-18/h4-5,7,10,18-19H,2-3,6,8-9H2,1H3,(H2,15,16). The monoisotopic (exact) mass is 279 g/mol. The molecule has 1 aliphatic rings. The number of amidine groups is 1. The molecule has 1 fully saturated rings. The highest BCUT2D eigenvalue weighted by molar-refractivity contribution is 6.02. The van der Waals surface area contributed by atoms with Crippen LogP contribution in [-0.2, 0) is 0 Å². The first-order chi connectivity index (χ1) is 9.69. The predicted octanol–water partition coefficient (Wildman–Crippen LogP) is 0.998. The first kappa shape index (κ1) is 14.5. The van der Waals surface area contributed by atoms with E-state index in [1.165, 1.54) is 0 Å². The van der Waals surface area contributed by atoms with E-state index in [-0.39, 0.29) is 18.4 Å². The number of nitrogens with two attached hydrogens (primary N) is 1. The van der Waals surface area contributed by atoms with Crippen LogP contribution in [0.3, 0.4) is 0 Å². The van der Waals surface area contributed by atoms with E-state index in [9.17, 15) is 5.11 Å². The summed E-state index contributed by atoms with van der Waals surface area (Å²) < 4.78 is 5.25. The van der Waals surface area contributed by atoms with Crippen molar-refractivity contribution in [1.29, 1.82) is 0 Å². The number of aliphatic hydroxyl groups is 1. The summed E-state index contributed by atoms with van der Waals surface area (Å²) >= 11 is 0. The van der Waals surface area contributed by atoms with Crippen molar-refractivity contribution in [2.24, 2.45) is 16.8 Å². The summed E-state index contributed by atoms with van der Waals surface area (Å²) in [5.41, 5.74) is 7.29. The Morgan fingerprint density at radius 2 is 2.35 bits per heavy atom. The van der Waals surface area contributed by atoms with Gasteiger partial charge in [-0.05, 0) is 30.9 Å². The first-order valence-corrected chi connectivity index (χ1v) is 6.71. The molecular weight excluding hydrogens is 258 g/mol. The minimum Gasteiger partial charge on any atom is -0.497 e. The molecule has 1 unspecified atom stereocenters. The molecule has 0 aromatic heterocycles. The Bertz CT molecular complexity index is 491. The molecule has 6 nitrogen and oxygen atoms in total. The fourth-order valence-electron chi connectivity index (χ4n) is 2.60. The van der Waals surface area contributed by atoms with Crippen molar-refractivity contribution in [2.45, 2.75) is 12.8 Å². The van der Waals surface area contributed by atoms with Crippen LogP contribution in [0.4, 0.5) is 5.69 Å². The first-order valence-electron chi connectivity index (χ1n) is 6.71. The number of ether oxygens (including phenoxy) is 1. The third-order valence-corrected chi connectivity index (χ3v) is 3.71. The molecule has 110 valence electrons. The maximum absolute atomic E-state index is 9.34. The van der Waals surface area contributed by atoms with E-state index in [4.69, 9.17) is 15.7 Å². The summed E-state index contributed by atoms with van der Waals surface area (Å²) in [6.07, 6.45) is 2.04. The smallest absolute Gasteiger partial charge is 0.172 e. The normalized spacial score (nSPS) is 20.0. The van der Waals surface area contributed by atoms with Crippen LogP contribution < -0.4 is 15.4 Å². The third kappa shape index (κ3) is 2.96. The van der Waals surface area contributed by atoms with Crippen molar-refractivity contribution >= 4 is 11.5 Å². The molecule has 1 aromatic rings. The van der Waals surface area contributed by atoms with Crippen molar-refractivity contribution < 1.29 is 15.1 Å². The predicted molar refractivity (Wildman–Crippen MR) is 77.5 cm³/mol. The maximum Gasteiger partial charge on any atom is 0.172 e. The van der Waals surface area contributed by atoms with Crippen molar-refractivity contribution in [3.05, 3.63) is 23.8 Å². The second-order valence-corrected chi connectivity index (χ2v) is 5.01. The number of nitrogens with zero attached hydrogens (tertiary/aromatic N) is 2. The molecule has 20 heavy (non-hydrogen) atoms. The maximum atomic E-state index is 9.34. The highest BCUT2D eigenvalue weighted by Gasteiger charge is 2.22. The van der Waals surface area contributed by atoms with Gasteiger partial charge in [0.25, 0.3) is 0 Å². The van der Waals surface area contributed by atoms with Gasteiger partial charge in [-0.3, -0.25) is 0 Å². The molecule has 0 spiro atoms. The number of oxime groups is 1. The van der Waals surface area contributed by atoms with Crippen LogP contribution in [0.15, 0.2) is 23.4 Å². The molecule has 0 amide bonds. The van der Waals surface area contributed by atoms with Gasteiger partial charge in [-0.1, -0.05) is 5.16 Å². The molecule has 2 rings (SSSR count). The van der Waals surface area contributed by atoms with Gasteiger partial charge in [0.2, 0.25) is 0 Å². The van der Waals surface area contributed by atoms with E-state index in [2.05, 4.69) is 10.1 Å². The fourth-order valence-corrected chi connectivity index (χ4v) is 2.60. The molecule has 6 heteroatoms. The van der Waals surface area contributed by atoms with E-state index >= 15 is 0 Å². The zero-order chi connectivity index (χ0) is 14.5. The summed E-state index contributed by atoms with van der Waals surface area (Å²) in [6.45, 7) is 1.82. The molecule has 1 aromatic carbocycles. The Morgan fingerprint density at radius 1 is 1.55 bits per heavy atom. The number of piperidine rings is 1. The molecule has 0 radical (unpaired) electrons. The fraction of sp³-hybridized carbons (Fsp3) is 0.500. The van der Waals surface area contributed by atoms with Gasteiger partial charge in [-0.2, -0.15) is 0 Å². The van der Waals surface area contributed by atoms with Crippen LogP contribution in [0.1, 0.15) is 18.4 Å². The Kier molecular flexibility index (Phi) is 4.68. The van der Waals surface area contributed by atoms with Crippen LogP contribution in [0.5, 0.6) is 5.75 Å². The highest BCUT2D eigenvalue weighted by Crippen LogP contribution is 2.29. The van der Waals surface area contributed by atoms with Crippen molar-refractivity contribution in [1.82, 2.24) is 0 Å². The lowest BCUT2D eigenvalue weighted by atomic mass is 9.97. The molecule has 0 saturated carbocycles. The molecule has 0 bridgehead atoms. The Balaban J connectivity index is 2.36. The summed E-state index contributed by atoms with van der Waals surface area (Å²) in [6, 6.07) is 5.45. The quantitative estimate of drug-likeness (QED) is 0.331. The minimum absolute atomic E-state index is 0.0776. The number of benzene rings is 1. The molecule has 0 aliphatic carbocycles. The second-order valence-electron chi connectivity index (χ2n) is 5.01. The van der Waals surface area contributed by atoms with Crippen LogP contribution >= 0.6 is 0 Å². The molecule has 1 aliphatic heterocycles. The lowest BCUT2D eigenvalue weighted by molar-refractivity contribution is 0.208. The molecule has 1 atom stereocenters. The number of aliphatic hydroxyl groups excluding tert-OH is 1. The van der Waals surface area contributed by atoms with Gasteiger partial charge in [-0.15, -0.1) is 0 Å². The van der Waals surface area contributed by atoms with Crippen LogP contribution in [0.25, 0.3) is 0 Å². The molecule has 1 heterocycles. The second kappa shape index (κ2) is 6.47. The van der Waals surface area contributed by atoms with E-state index in [0.717, 1.165) is 37.4 Å². The third-order valence-electron chi connectivity index (χ3n) is 3.71. The highest BCUT2D eigenvalue weighted by atomic mass is 16.5. The number of hydrogen-bond donors (Lipinski definition) is 3. The number of rotatable bonds is 4. The topological polar surface area (TPSA) is 91.3 Å². The van der Waals surface area contributed by atoms with E-state index < -0.39 is 0 Å². The Morgan fingerprint density at radius 3 is 3.00 bits per heavy atom. The van der Waals surface area contributed by atoms with Crippen molar-refractivity contribution in [3.63, 3.8) is 0 Å². The Labute approximate surface area is 118 Å². The van der Waals surface area contributed by atoms with Crippen molar-refractivity contribution in [2.75, 3.05) is 31.7 Å². The van der Waals surface area contributed by atoms with Crippen LogP contribution in [-0.4, -0.2) is 43.0 Å². The van der Waals surface area contributed by atoms with Crippen LogP contribution in [0.2, 0.25) is 0 Å². The van der Waals surface area contributed by atoms with E-state index in [0.29, 0.717) is 5.56 Å². The molecular formula is C14H21N3O3. The van der Waals surface area contributed by atoms with E-state index in [1.54, 1.807) is 19.2 Å². The van der Waals surface area contributed by atoms with Gasteiger partial charge in [0.15, 0.2) is 5.84 Å². The minimum atomic E-state index is 0.0776. The van der Waals surface area contributed by atoms with E-state index in [1.807, 2.05) is 6.07 Å². The Hall–Kier alpha value is -1.95. The summed E-state index contributed by atoms with van der Waals surface area (Å²) in [4.78, 5) is 2.15. The van der Waals surface area contributed by atoms with Crippen LogP contribution in [0, 0.1) is 5.92 Å².